The second-order valence-corrected chi connectivity index (χ2v) is 7.33. The van der Waals surface area contributed by atoms with E-state index in [1.54, 1.807) is 14.2 Å². The Bertz CT molecular complexity index is 916. The number of halogens is 1. The zero-order valence-electron chi connectivity index (χ0n) is 16.5. The number of oxime groups is 1. The molecule has 2 heterocycles. The molecule has 0 saturated heterocycles. The van der Waals surface area contributed by atoms with Gasteiger partial charge in [-0.15, -0.1) is 0 Å². The van der Waals surface area contributed by atoms with Crippen LogP contribution in [0.15, 0.2) is 35.5 Å². The predicted molar refractivity (Wildman–Crippen MR) is 109 cm³/mol. The summed E-state index contributed by atoms with van der Waals surface area (Å²) in [5.41, 5.74) is 2.90. The van der Waals surface area contributed by atoms with Crippen LogP contribution >= 0.6 is 11.6 Å². The Labute approximate surface area is 174 Å². The van der Waals surface area contributed by atoms with Crippen LogP contribution in [0.25, 0.3) is 0 Å². The Morgan fingerprint density at radius 1 is 1.10 bits per heavy atom. The molecule has 2 aliphatic rings. The van der Waals surface area contributed by atoms with Crippen molar-refractivity contribution in [2.45, 2.75) is 19.6 Å². The number of fused-ring (bicyclic) bond motifs is 1. The lowest BCUT2D eigenvalue weighted by molar-refractivity contribution is 0.0628. The Balaban J connectivity index is 1.47. The van der Waals surface area contributed by atoms with Gasteiger partial charge in [-0.3, -0.25) is 0 Å². The van der Waals surface area contributed by atoms with Crippen LogP contribution in [0.1, 0.15) is 24.2 Å². The maximum Gasteiger partial charge on any atom is 0.231 e. The van der Waals surface area contributed by atoms with E-state index in [1.807, 2.05) is 30.3 Å². The molecule has 154 valence electrons. The van der Waals surface area contributed by atoms with Gasteiger partial charge in [-0.05, 0) is 23.8 Å². The number of ether oxygens (including phenoxy) is 4. The van der Waals surface area contributed by atoms with Gasteiger partial charge in [-0.2, -0.15) is 0 Å². The van der Waals surface area contributed by atoms with Gasteiger partial charge in [0.05, 0.1) is 19.9 Å². The first kappa shape index (κ1) is 19.7. The van der Waals surface area contributed by atoms with Crippen molar-refractivity contribution in [2.24, 2.45) is 11.1 Å². The van der Waals surface area contributed by atoms with Gasteiger partial charge in [-0.1, -0.05) is 35.8 Å². The highest BCUT2D eigenvalue weighted by Gasteiger charge is 2.37. The Morgan fingerprint density at radius 3 is 2.59 bits per heavy atom. The summed E-state index contributed by atoms with van der Waals surface area (Å²) in [6, 6.07) is 9.63. The highest BCUT2D eigenvalue weighted by atomic mass is 35.5. The molecule has 0 radical (unpaired) electrons. The lowest BCUT2D eigenvalue weighted by Crippen LogP contribution is -2.27. The number of hydrogen-bond donors (Lipinski definition) is 1. The molecule has 0 spiro atoms. The Morgan fingerprint density at radius 2 is 1.86 bits per heavy atom. The van der Waals surface area contributed by atoms with Gasteiger partial charge >= 0.3 is 0 Å². The molecule has 8 heteroatoms. The molecule has 29 heavy (non-hydrogen) atoms. The van der Waals surface area contributed by atoms with Gasteiger partial charge in [0.2, 0.25) is 18.3 Å². The lowest BCUT2D eigenvalue weighted by atomic mass is 9.92. The van der Waals surface area contributed by atoms with E-state index in [2.05, 4.69) is 17.4 Å². The summed E-state index contributed by atoms with van der Waals surface area (Å²) in [4.78, 5) is 5.78. The first-order valence-corrected chi connectivity index (χ1v) is 9.72. The number of benzene rings is 2. The van der Waals surface area contributed by atoms with E-state index in [0.717, 1.165) is 28.4 Å². The number of rotatable bonds is 7. The van der Waals surface area contributed by atoms with Crippen molar-refractivity contribution in [2.75, 3.05) is 27.6 Å². The van der Waals surface area contributed by atoms with Crippen LogP contribution in [0.5, 0.6) is 23.0 Å². The number of methoxy groups -OCH3 is 2. The van der Waals surface area contributed by atoms with Gasteiger partial charge in [-0.25, -0.2) is 0 Å². The molecule has 2 atom stereocenters. The molecule has 0 amide bonds. The molecular formula is C21H23ClN2O5. The summed E-state index contributed by atoms with van der Waals surface area (Å²) in [5, 5.41) is 8.44. The van der Waals surface area contributed by atoms with Crippen molar-refractivity contribution >= 4 is 17.3 Å². The van der Waals surface area contributed by atoms with E-state index in [0.29, 0.717) is 29.5 Å². The van der Waals surface area contributed by atoms with Crippen molar-refractivity contribution in [3.8, 4) is 23.0 Å². The third-order valence-electron chi connectivity index (χ3n) is 5.13. The fraction of sp³-hybridized carbons (Fsp3) is 0.381. The maximum atomic E-state index is 5.93. The molecule has 0 aliphatic carbocycles. The van der Waals surface area contributed by atoms with Crippen LogP contribution in [0.3, 0.4) is 0 Å². The molecule has 7 nitrogen and oxygen atoms in total. The third kappa shape index (κ3) is 3.80. The van der Waals surface area contributed by atoms with Crippen LogP contribution < -0.4 is 24.3 Å². The highest BCUT2D eigenvalue weighted by Crippen LogP contribution is 2.52. The number of hydrogen-bond acceptors (Lipinski definition) is 7. The highest BCUT2D eigenvalue weighted by molar-refractivity contribution is 6.30. The first-order chi connectivity index (χ1) is 14.1. The quantitative estimate of drug-likeness (QED) is 0.734. The molecule has 0 bridgehead atoms. The smallest absolute Gasteiger partial charge is 0.231 e. The monoisotopic (exact) mass is 418 g/mol. The first-order valence-electron chi connectivity index (χ1n) is 9.34. The van der Waals surface area contributed by atoms with E-state index in [9.17, 15) is 0 Å². The summed E-state index contributed by atoms with van der Waals surface area (Å²) in [7, 11) is 3.19. The number of nitrogens with one attached hydrogen (secondary N) is 1. The van der Waals surface area contributed by atoms with E-state index >= 15 is 0 Å². The van der Waals surface area contributed by atoms with E-state index in [4.69, 9.17) is 35.4 Å². The lowest BCUT2D eigenvalue weighted by Gasteiger charge is -2.20. The Kier molecular flexibility index (Phi) is 5.69. The maximum absolute atomic E-state index is 5.93. The van der Waals surface area contributed by atoms with Crippen LogP contribution in [-0.4, -0.2) is 33.3 Å². The average Bonchev–Trinajstić information content (AvgIpc) is 3.36. The topological polar surface area (TPSA) is 70.5 Å². The van der Waals surface area contributed by atoms with Gasteiger partial charge in [0.1, 0.15) is 0 Å². The molecule has 0 aromatic heterocycles. The van der Waals surface area contributed by atoms with E-state index in [1.165, 1.54) is 0 Å². The second-order valence-electron chi connectivity index (χ2n) is 6.89. The summed E-state index contributed by atoms with van der Waals surface area (Å²) in [6.07, 6.45) is -0.305. The van der Waals surface area contributed by atoms with Crippen LogP contribution in [0.4, 0.5) is 0 Å². The predicted octanol–water partition coefficient (Wildman–Crippen LogP) is 3.94. The fourth-order valence-electron chi connectivity index (χ4n) is 3.54. The van der Waals surface area contributed by atoms with Crippen molar-refractivity contribution < 1.29 is 23.8 Å². The normalized spacial score (nSPS) is 19.7. The van der Waals surface area contributed by atoms with Crippen molar-refractivity contribution in [3.63, 3.8) is 0 Å². The Hall–Kier alpha value is -2.64. The molecule has 2 aliphatic heterocycles. The minimum atomic E-state index is -0.305. The van der Waals surface area contributed by atoms with Crippen molar-refractivity contribution in [1.29, 1.82) is 0 Å². The minimum Gasteiger partial charge on any atom is -0.493 e. The zero-order chi connectivity index (χ0) is 20.4. The molecule has 0 unspecified atom stereocenters. The minimum absolute atomic E-state index is 0.0479. The molecule has 4 rings (SSSR count). The summed E-state index contributed by atoms with van der Waals surface area (Å²) < 4.78 is 22.2. The van der Waals surface area contributed by atoms with Crippen molar-refractivity contribution in [3.05, 3.63) is 46.5 Å². The van der Waals surface area contributed by atoms with Gasteiger partial charge in [0.25, 0.3) is 0 Å². The van der Waals surface area contributed by atoms with E-state index < -0.39 is 0 Å². The summed E-state index contributed by atoms with van der Waals surface area (Å²) in [5.74, 6) is 2.29. The number of nitrogens with zero attached hydrogens (tertiary/aromatic N) is 1. The van der Waals surface area contributed by atoms with Crippen LogP contribution in [0, 0.1) is 5.92 Å². The van der Waals surface area contributed by atoms with Gasteiger partial charge in [0.15, 0.2) is 17.6 Å². The molecule has 1 N–H and O–H groups in total. The van der Waals surface area contributed by atoms with Gasteiger partial charge < -0.3 is 29.1 Å². The SMILES string of the molecule is COc1cc([C@@H]2ON=C(CNCc3ccc(Cl)cc3)[C@H]2C)c(OC)c2c1OCO2. The standard InChI is InChI=1S/C21H23ClN2O5/c1-12-16(10-23-9-13-4-6-14(22)7-5-13)24-29-18(12)15-8-17(25-2)20-21(19(15)26-3)28-11-27-20/h4-8,12,18,23H,9-11H2,1-3H3/t12-,18-/m1/s1. The van der Waals surface area contributed by atoms with Crippen molar-refractivity contribution in [1.82, 2.24) is 5.32 Å². The van der Waals surface area contributed by atoms with Crippen LogP contribution in [-0.2, 0) is 11.4 Å². The summed E-state index contributed by atoms with van der Waals surface area (Å²) in [6.45, 7) is 3.54. The molecular weight excluding hydrogens is 396 g/mol. The molecule has 0 saturated carbocycles. The van der Waals surface area contributed by atoms with E-state index in [-0.39, 0.29) is 18.8 Å². The van der Waals surface area contributed by atoms with Gasteiger partial charge in [0, 0.05) is 29.6 Å². The molecule has 0 fully saturated rings. The second kappa shape index (κ2) is 8.39. The third-order valence-corrected chi connectivity index (χ3v) is 5.39. The zero-order valence-corrected chi connectivity index (χ0v) is 17.3. The average molecular weight is 419 g/mol. The molecule has 2 aromatic carbocycles. The van der Waals surface area contributed by atoms with Crippen LogP contribution in [0.2, 0.25) is 5.02 Å². The fourth-order valence-corrected chi connectivity index (χ4v) is 3.66. The summed E-state index contributed by atoms with van der Waals surface area (Å²) >= 11 is 5.93. The molecule has 2 aromatic rings. The largest absolute Gasteiger partial charge is 0.493 e.